The Kier molecular flexibility index (Phi) is 5.79. The van der Waals surface area contributed by atoms with Gasteiger partial charge in [0.15, 0.2) is 0 Å². The van der Waals surface area contributed by atoms with E-state index in [1.54, 1.807) is 7.11 Å². The molecule has 0 fully saturated rings. The van der Waals surface area contributed by atoms with Gasteiger partial charge in [-0.3, -0.25) is 0 Å². The number of rotatable bonds is 8. The van der Waals surface area contributed by atoms with Crippen molar-refractivity contribution in [2.24, 2.45) is 0 Å². The minimum atomic E-state index is -3.19. The van der Waals surface area contributed by atoms with Crippen molar-refractivity contribution in [3.8, 4) is 17.2 Å². The first-order valence-corrected chi connectivity index (χ1v) is 9.18. The summed E-state index contributed by atoms with van der Waals surface area (Å²) < 4.78 is 36.6. The van der Waals surface area contributed by atoms with Crippen molar-refractivity contribution in [2.75, 3.05) is 19.4 Å². The Morgan fingerprint density at radius 1 is 1.26 bits per heavy atom. The van der Waals surface area contributed by atoms with E-state index in [9.17, 15) is 8.42 Å². The highest BCUT2D eigenvalue weighted by Crippen LogP contribution is 2.24. The van der Waals surface area contributed by atoms with E-state index >= 15 is 0 Å². The van der Waals surface area contributed by atoms with Crippen LogP contribution in [0.2, 0.25) is 0 Å². The van der Waals surface area contributed by atoms with Gasteiger partial charge in [-0.2, -0.15) is 0 Å². The van der Waals surface area contributed by atoms with Gasteiger partial charge in [0, 0.05) is 18.5 Å². The van der Waals surface area contributed by atoms with Crippen molar-refractivity contribution >= 4 is 10.0 Å². The molecule has 2 aromatic rings. The lowest BCUT2D eigenvalue weighted by atomic mass is 10.2. The summed E-state index contributed by atoms with van der Waals surface area (Å²) in [4.78, 5) is 4.46. The number of nitrogens with zero attached hydrogens (tertiary/aromatic N) is 1. The maximum atomic E-state index is 11.6. The molecule has 1 aromatic carbocycles. The molecular weight excluding hydrogens is 316 g/mol. The summed E-state index contributed by atoms with van der Waals surface area (Å²) in [5.74, 6) is 2.13. The zero-order valence-corrected chi connectivity index (χ0v) is 14.4. The second kappa shape index (κ2) is 7.61. The van der Waals surface area contributed by atoms with E-state index in [-0.39, 0.29) is 5.75 Å². The fraction of sp³-hybridized carbons (Fsp3) is 0.438. The SMILES string of the molecule is CCCS(=O)(=O)NCCc1nc(-c2ccc(OC)cc2)oc1C. The van der Waals surface area contributed by atoms with Crippen LogP contribution in [0.4, 0.5) is 0 Å². The summed E-state index contributed by atoms with van der Waals surface area (Å²) in [6.07, 6.45) is 1.09. The topological polar surface area (TPSA) is 81.4 Å². The smallest absolute Gasteiger partial charge is 0.226 e. The van der Waals surface area contributed by atoms with Gasteiger partial charge in [-0.25, -0.2) is 18.1 Å². The molecule has 0 saturated carbocycles. The third kappa shape index (κ3) is 4.80. The highest BCUT2D eigenvalue weighted by Gasteiger charge is 2.13. The van der Waals surface area contributed by atoms with Crippen molar-refractivity contribution in [2.45, 2.75) is 26.7 Å². The number of ether oxygens (including phenoxy) is 1. The minimum absolute atomic E-state index is 0.141. The quantitative estimate of drug-likeness (QED) is 0.800. The van der Waals surface area contributed by atoms with Gasteiger partial charge in [0.2, 0.25) is 15.9 Å². The van der Waals surface area contributed by atoms with Crippen molar-refractivity contribution in [3.05, 3.63) is 35.7 Å². The van der Waals surface area contributed by atoms with Crippen LogP contribution in [0.25, 0.3) is 11.5 Å². The number of hydrogen-bond donors (Lipinski definition) is 1. The maximum absolute atomic E-state index is 11.6. The predicted octanol–water partition coefficient (Wildman–Crippen LogP) is 2.53. The fourth-order valence-electron chi connectivity index (χ4n) is 2.18. The molecule has 0 unspecified atom stereocenters. The van der Waals surface area contributed by atoms with E-state index in [0.29, 0.717) is 31.0 Å². The molecule has 0 aliphatic heterocycles. The molecule has 6 nitrogen and oxygen atoms in total. The second-order valence-corrected chi connectivity index (χ2v) is 7.14. The van der Waals surface area contributed by atoms with Crippen LogP contribution in [-0.4, -0.2) is 32.8 Å². The van der Waals surface area contributed by atoms with E-state index in [1.807, 2.05) is 38.1 Å². The van der Waals surface area contributed by atoms with Gasteiger partial charge in [-0.05, 0) is 37.6 Å². The lowest BCUT2D eigenvalue weighted by Crippen LogP contribution is -2.28. The molecule has 0 amide bonds. The Bertz CT molecular complexity index is 736. The molecule has 1 N–H and O–H groups in total. The van der Waals surface area contributed by atoms with Gasteiger partial charge in [0.1, 0.15) is 11.5 Å². The summed E-state index contributed by atoms with van der Waals surface area (Å²) in [5, 5.41) is 0. The van der Waals surface area contributed by atoms with E-state index < -0.39 is 10.0 Å². The highest BCUT2D eigenvalue weighted by atomic mass is 32.2. The lowest BCUT2D eigenvalue weighted by molar-refractivity contribution is 0.415. The van der Waals surface area contributed by atoms with Crippen LogP contribution >= 0.6 is 0 Å². The van der Waals surface area contributed by atoms with Crippen LogP contribution in [0, 0.1) is 6.92 Å². The molecule has 0 aliphatic rings. The molecule has 126 valence electrons. The molecule has 0 bridgehead atoms. The molecule has 1 aromatic heterocycles. The number of aromatic nitrogens is 1. The Labute approximate surface area is 136 Å². The molecule has 2 rings (SSSR count). The first-order valence-electron chi connectivity index (χ1n) is 7.53. The minimum Gasteiger partial charge on any atom is -0.497 e. The highest BCUT2D eigenvalue weighted by molar-refractivity contribution is 7.89. The Hall–Kier alpha value is -1.86. The summed E-state index contributed by atoms with van der Waals surface area (Å²) in [7, 11) is -1.58. The second-order valence-electron chi connectivity index (χ2n) is 5.21. The van der Waals surface area contributed by atoms with Gasteiger partial charge >= 0.3 is 0 Å². The normalized spacial score (nSPS) is 11.6. The van der Waals surface area contributed by atoms with Crippen LogP contribution < -0.4 is 9.46 Å². The Balaban J connectivity index is 2.03. The zero-order valence-electron chi connectivity index (χ0n) is 13.6. The monoisotopic (exact) mass is 338 g/mol. The van der Waals surface area contributed by atoms with Crippen LogP contribution in [0.5, 0.6) is 5.75 Å². The molecule has 0 saturated heterocycles. The number of benzene rings is 1. The number of methoxy groups -OCH3 is 1. The average Bonchev–Trinajstić information content (AvgIpc) is 2.88. The van der Waals surface area contributed by atoms with Crippen molar-refractivity contribution in [1.82, 2.24) is 9.71 Å². The summed E-state index contributed by atoms with van der Waals surface area (Å²) in [5.41, 5.74) is 1.61. The van der Waals surface area contributed by atoms with Crippen molar-refractivity contribution < 1.29 is 17.6 Å². The fourth-order valence-corrected chi connectivity index (χ4v) is 3.28. The molecule has 1 heterocycles. The van der Waals surface area contributed by atoms with Crippen molar-refractivity contribution in [3.63, 3.8) is 0 Å². The number of aryl methyl sites for hydroxylation is 1. The van der Waals surface area contributed by atoms with Gasteiger partial charge in [0.25, 0.3) is 0 Å². The van der Waals surface area contributed by atoms with E-state index in [0.717, 1.165) is 17.0 Å². The third-order valence-corrected chi connectivity index (χ3v) is 4.98. The number of nitrogens with one attached hydrogen (secondary N) is 1. The first-order chi connectivity index (χ1) is 10.9. The largest absolute Gasteiger partial charge is 0.497 e. The van der Waals surface area contributed by atoms with E-state index in [4.69, 9.17) is 9.15 Å². The molecule has 0 aliphatic carbocycles. The molecule has 0 atom stereocenters. The van der Waals surface area contributed by atoms with Crippen LogP contribution in [0.1, 0.15) is 24.8 Å². The third-order valence-electron chi connectivity index (χ3n) is 3.39. The first kappa shape index (κ1) is 17.5. The van der Waals surface area contributed by atoms with Gasteiger partial charge in [-0.15, -0.1) is 0 Å². The molecule has 23 heavy (non-hydrogen) atoms. The summed E-state index contributed by atoms with van der Waals surface area (Å²) in [6, 6.07) is 7.43. The van der Waals surface area contributed by atoms with E-state index in [1.165, 1.54) is 0 Å². The Morgan fingerprint density at radius 2 is 1.96 bits per heavy atom. The van der Waals surface area contributed by atoms with E-state index in [2.05, 4.69) is 9.71 Å². The maximum Gasteiger partial charge on any atom is 0.226 e. The number of sulfonamides is 1. The standard InChI is InChI=1S/C16H22N2O4S/c1-4-11-23(19,20)17-10-9-15-12(2)22-16(18-15)13-5-7-14(21-3)8-6-13/h5-8,17H,4,9-11H2,1-3H3. The van der Waals surface area contributed by atoms with Gasteiger partial charge in [0.05, 0.1) is 18.6 Å². The average molecular weight is 338 g/mol. The van der Waals surface area contributed by atoms with Gasteiger partial charge in [-0.1, -0.05) is 6.92 Å². The predicted molar refractivity (Wildman–Crippen MR) is 89.0 cm³/mol. The molecular formula is C16H22N2O4S. The van der Waals surface area contributed by atoms with Gasteiger partial charge < -0.3 is 9.15 Å². The lowest BCUT2D eigenvalue weighted by Gasteiger charge is -2.03. The summed E-state index contributed by atoms with van der Waals surface area (Å²) in [6.45, 7) is 3.98. The molecule has 0 radical (unpaired) electrons. The molecule has 7 heteroatoms. The Morgan fingerprint density at radius 3 is 2.57 bits per heavy atom. The van der Waals surface area contributed by atoms with Crippen LogP contribution in [0.15, 0.2) is 28.7 Å². The van der Waals surface area contributed by atoms with Crippen molar-refractivity contribution in [1.29, 1.82) is 0 Å². The van der Waals surface area contributed by atoms with Crippen LogP contribution in [0.3, 0.4) is 0 Å². The number of hydrogen-bond acceptors (Lipinski definition) is 5. The van der Waals surface area contributed by atoms with Crippen LogP contribution in [-0.2, 0) is 16.4 Å². The summed E-state index contributed by atoms with van der Waals surface area (Å²) >= 11 is 0. The zero-order chi connectivity index (χ0) is 16.9. The number of oxazole rings is 1. The molecule has 0 spiro atoms.